The number of aliphatic carboxylic acids is 1. The maximum atomic E-state index is 12.7. The molecule has 0 aromatic heterocycles. The van der Waals surface area contributed by atoms with Gasteiger partial charge in [-0.3, -0.25) is 4.79 Å². The Kier molecular flexibility index (Phi) is 5.76. The fourth-order valence-corrected chi connectivity index (χ4v) is 4.68. The van der Waals surface area contributed by atoms with Gasteiger partial charge in [-0.1, -0.05) is 0 Å². The minimum atomic E-state index is -3.85. The maximum Gasteiger partial charge on any atom is 0.322 e. The Bertz CT molecular complexity index is 970. The van der Waals surface area contributed by atoms with Crippen molar-refractivity contribution in [3.63, 3.8) is 0 Å². The first kappa shape index (κ1) is 20.0. The van der Waals surface area contributed by atoms with Gasteiger partial charge in [0.25, 0.3) is 0 Å². The van der Waals surface area contributed by atoms with Gasteiger partial charge in [-0.15, -0.1) is 0 Å². The topological polar surface area (TPSA) is 103 Å². The summed E-state index contributed by atoms with van der Waals surface area (Å²) in [5.41, 5.74) is 2.24. The molecule has 0 bridgehead atoms. The van der Waals surface area contributed by atoms with E-state index < -0.39 is 22.0 Å². The second-order valence-electron chi connectivity index (χ2n) is 6.72. The number of benzene rings is 2. The lowest BCUT2D eigenvalue weighted by Gasteiger charge is -2.20. The molecule has 0 unspecified atom stereocenters. The number of azo groups is 1. The third-order valence-corrected chi connectivity index (χ3v) is 6.50. The number of hydrogen-bond acceptors (Lipinski definition) is 6. The number of hydrogen-bond donors (Lipinski definition) is 1. The highest BCUT2D eigenvalue weighted by atomic mass is 32.2. The summed E-state index contributed by atoms with van der Waals surface area (Å²) < 4.78 is 26.5. The van der Waals surface area contributed by atoms with Crippen LogP contribution >= 0.6 is 0 Å². The van der Waals surface area contributed by atoms with Crippen LogP contribution < -0.4 is 4.90 Å². The summed E-state index contributed by atoms with van der Waals surface area (Å²) in [6.45, 7) is 0.212. The van der Waals surface area contributed by atoms with Crippen molar-refractivity contribution in [2.75, 3.05) is 25.5 Å². The number of rotatable bonds is 6. The van der Waals surface area contributed by atoms with E-state index in [9.17, 15) is 18.3 Å². The number of sulfonamides is 1. The molecule has 0 spiro atoms. The normalized spacial score (nSPS) is 17.9. The van der Waals surface area contributed by atoms with Crippen molar-refractivity contribution in [1.82, 2.24) is 4.31 Å². The van der Waals surface area contributed by atoms with Crippen LogP contribution in [-0.2, 0) is 14.8 Å². The highest BCUT2D eigenvalue weighted by Crippen LogP contribution is 2.28. The van der Waals surface area contributed by atoms with E-state index in [4.69, 9.17) is 0 Å². The summed E-state index contributed by atoms with van der Waals surface area (Å²) in [5.74, 6) is -1.12. The van der Waals surface area contributed by atoms with E-state index in [1.807, 2.05) is 43.3 Å². The van der Waals surface area contributed by atoms with Crippen LogP contribution in [0.1, 0.15) is 12.8 Å². The first-order valence-electron chi connectivity index (χ1n) is 8.83. The smallest absolute Gasteiger partial charge is 0.322 e. The van der Waals surface area contributed by atoms with Crippen LogP contribution in [0.2, 0.25) is 0 Å². The molecule has 1 N–H and O–H groups in total. The van der Waals surface area contributed by atoms with Gasteiger partial charge in [0.05, 0.1) is 16.3 Å². The Morgan fingerprint density at radius 3 is 2.07 bits per heavy atom. The van der Waals surface area contributed by atoms with Gasteiger partial charge in [0.15, 0.2) is 0 Å². The fourth-order valence-electron chi connectivity index (χ4n) is 3.03. The van der Waals surface area contributed by atoms with Crippen LogP contribution in [0.3, 0.4) is 0 Å². The molecule has 2 aromatic carbocycles. The molecule has 1 saturated heterocycles. The van der Waals surface area contributed by atoms with Crippen LogP contribution in [0.4, 0.5) is 17.1 Å². The van der Waals surface area contributed by atoms with Crippen molar-refractivity contribution in [1.29, 1.82) is 0 Å². The van der Waals surface area contributed by atoms with Gasteiger partial charge in [0.1, 0.15) is 6.04 Å². The minimum Gasteiger partial charge on any atom is -0.480 e. The molecule has 0 aliphatic carbocycles. The van der Waals surface area contributed by atoms with Crippen molar-refractivity contribution < 1.29 is 18.3 Å². The van der Waals surface area contributed by atoms with E-state index in [-0.39, 0.29) is 11.4 Å². The third kappa shape index (κ3) is 4.20. The largest absolute Gasteiger partial charge is 0.480 e. The van der Waals surface area contributed by atoms with E-state index >= 15 is 0 Å². The van der Waals surface area contributed by atoms with Gasteiger partial charge in [0, 0.05) is 26.3 Å². The number of anilines is 1. The minimum absolute atomic E-state index is 0.0509. The van der Waals surface area contributed by atoms with Crippen LogP contribution in [0.25, 0.3) is 0 Å². The lowest BCUT2D eigenvalue weighted by Crippen LogP contribution is -2.40. The van der Waals surface area contributed by atoms with Gasteiger partial charge < -0.3 is 10.0 Å². The summed E-state index contributed by atoms with van der Waals surface area (Å²) >= 11 is 0. The first-order valence-corrected chi connectivity index (χ1v) is 10.3. The van der Waals surface area contributed by atoms with Gasteiger partial charge in [0.2, 0.25) is 10.0 Å². The van der Waals surface area contributed by atoms with Crippen molar-refractivity contribution in [3.05, 3.63) is 48.5 Å². The maximum absolute atomic E-state index is 12.7. The van der Waals surface area contributed by atoms with Crippen LogP contribution in [0, 0.1) is 0 Å². The Hall–Kier alpha value is -2.78. The molecule has 9 heteroatoms. The number of carbonyl (C=O) groups is 1. The molecule has 2 aromatic rings. The fraction of sp³-hybridized carbons (Fsp3) is 0.316. The second-order valence-corrected chi connectivity index (χ2v) is 8.61. The van der Waals surface area contributed by atoms with Crippen LogP contribution in [0.5, 0.6) is 0 Å². The highest BCUT2D eigenvalue weighted by Gasteiger charge is 2.39. The Morgan fingerprint density at radius 2 is 1.57 bits per heavy atom. The third-order valence-electron chi connectivity index (χ3n) is 4.58. The first-order chi connectivity index (χ1) is 13.3. The van der Waals surface area contributed by atoms with Crippen LogP contribution in [0.15, 0.2) is 63.7 Å². The molecule has 1 atom stereocenters. The summed E-state index contributed by atoms with van der Waals surface area (Å²) in [7, 11) is 0.0485. The van der Waals surface area contributed by atoms with Gasteiger partial charge in [-0.2, -0.15) is 14.5 Å². The predicted molar refractivity (Wildman–Crippen MR) is 106 cm³/mol. The molecule has 0 amide bonds. The Balaban J connectivity index is 1.75. The number of carboxylic acids is 1. The van der Waals surface area contributed by atoms with E-state index in [0.717, 1.165) is 9.99 Å². The molecule has 148 valence electrons. The summed E-state index contributed by atoms with van der Waals surface area (Å²) in [6, 6.07) is 12.5. The monoisotopic (exact) mass is 402 g/mol. The van der Waals surface area contributed by atoms with E-state index in [2.05, 4.69) is 10.2 Å². The van der Waals surface area contributed by atoms with E-state index in [0.29, 0.717) is 24.2 Å². The van der Waals surface area contributed by atoms with Crippen molar-refractivity contribution in [3.8, 4) is 0 Å². The zero-order chi connectivity index (χ0) is 20.3. The molecule has 28 heavy (non-hydrogen) atoms. The molecule has 1 aliphatic rings. The van der Waals surface area contributed by atoms with Crippen molar-refractivity contribution in [2.24, 2.45) is 10.2 Å². The quantitative estimate of drug-likeness (QED) is 0.746. The SMILES string of the molecule is CN(C)c1ccc(N=Nc2ccc(S(=O)(=O)N3CCC[C@H]3C(=O)O)cc2)cc1. The lowest BCUT2D eigenvalue weighted by molar-refractivity contribution is -0.140. The molecule has 0 saturated carbocycles. The molecular formula is C19H22N4O4S. The average molecular weight is 402 g/mol. The zero-order valence-electron chi connectivity index (χ0n) is 15.7. The molecular weight excluding hydrogens is 380 g/mol. The Labute approximate surface area is 164 Å². The average Bonchev–Trinajstić information content (AvgIpc) is 3.18. The lowest BCUT2D eigenvalue weighted by atomic mass is 10.2. The second kappa shape index (κ2) is 8.07. The van der Waals surface area contributed by atoms with Crippen LogP contribution in [-0.4, -0.2) is 50.5 Å². The van der Waals surface area contributed by atoms with Gasteiger partial charge in [-0.05, 0) is 61.4 Å². The summed E-state index contributed by atoms with van der Waals surface area (Å²) in [5, 5.41) is 17.5. The highest BCUT2D eigenvalue weighted by molar-refractivity contribution is 7.89. The standard InChI is InChI=1S/C19H22N4O4S/c1-22(2)16-9-5-14(6-10-16)20-21-15-7-11-17(12-8-15)28(26,27)23-13-3-4-18(23)19(24)25/h5-12,18H,3-4,13H2,1-2H3,(H,24,25)/t18-/m0/s1. The Morgan fingerprint density at radius 1 is 1.04 bits per heavy atom. The van der Waals surface area contributed by atoms with E-state index in [1.54, 1.807) is 12.1 Å². The van der Waals surface area contributed by atoms with Crippen molar-refractivity contribution in [2.45, 2.75) is 23.8 Å². The molecule has 8 nitrogen and oxygen atoms in total. The molecule has 1 aliphatic heterocycles. The molecule has 1 fully saturated rings. The number of carboxylic acid groups (broad SMARTS) is 1. The van der Waals surface area contributed by atoms with Crippen molar-refractivity contribution >= 4 is 33.1 Å². The summed E-state index contributed by atoms with van der Waals surface area (Å²) in [4.78, 5) is 13.3. The number of nitrogens with zero attached hydrogens (tertiary/aromatic N) is 4. The molecule has 0 radical (unpaired) electrons. The van der Waals surface area contributed by atoms with Gasteiger partial charge in [-0.25, -0.2) is 8.42 Å². The molecule has 1 heterocycles. The zero-order valence-corrected chi connectivity index (χ0v) is 16.5. The molecule has 3 rings (SSSR count). The van der Waals surface area contributed by atoms with E-state index in [1.165, 1.54) is 12.1 Å². The van der Waals surface area contributed by atoms with Gasteiger partial charge >= 0.3 is 5.97 Å². The summed E-state index contributed by atoms with van der Waals surface area (Å²) in [6.07, 6.45) is 0.864. The predicted octanol–water partition coefficient (Wildman–Crippen LogP) is 3.41.